The summed E-state index contributed by atoms with van der Waals surface area (Å²) in [6.07, 6.45) is 0.0147. The zero-order chi connectivity index (χ0) is 26.2. The van der Waals surface area contributed by atoms with Crippen LogP contribution >= 0.6 is 46.3 Å². The first kappa shape index (κ1) is 26.0. The van der Waals surface area contributed by atoms with E-state index in [4.69, 9.17) is 47.9 Å². The number of nitrogen functional groups attached to an aromatic ring is 1. The topological polar surface area (TPSA) is 107 Å². The maximum atomic E-state index is 6.53. The summed E-state index contributed by atoms with van der Waals surface area (Å²) in [5.74, 6) is 0. The SMILES string of the molecule is COC1C(Sc2ccc(Cl)c(Cl)c2)OC2COC(c3ccccc3)OC2C1n1cc(-c2csc(N)n2)nn1. The van der Waals surface area contributed by atoms with Gasteiger partial charge in [0, 0.05) is 22.9 Å². The van der Waals surface area contributed by atoms with Crippen molar-refractivity contribution in [1.82, 2.24) is 20.0 Å². The zero-order valence-corrected chi connectivity index (χ0v) is 23.2. The molecule has 0 saturated carbocycles. The van der Waals surface area contributed by atoms with Gasteiger partial charge in [-0.25, -0.2) is 9.67 Å². The van der Waals surface area contributed by atoms with Crippen molar-refractivity contribution in [2.24, 2.45) is 0 Å². The Kier molecular flexibility index (Phi) is 7.61. The fourth-order valence-corrected chi connectivity index (χ4v) is 6.75. The fourth-order valence-electron chi connectivity index (χ4n) is 4.62. The maximum absolute atomic E-state index is 6.53. The number of hydrogen-bond donors (Lipinski definition) is 1. The molecule has 0 bridgehead atoms. The van der Waals surface area contributed by atoms with Gasteiger partial charge in [-0.3, -0.25) is 0 Å². The molecule has 6 rings (SSSR count). The molecule has 6 atom stereocenters. The number of nitrogens with zero attached hydrogens (tertiary/aromatic N) is 4. The van der Waals surface area contributed by atoms with Gasteiger partial charge in [0.15, 0.2) is 11.4 Å². The molecule has 2 N–H and O–H groups in total. The minimum atomic E-state index is -0.554. The lowest BCUT2D eigenvalue weighted by atomic mass is 9.95. The molecule has 0 aliphatic carbocycles. The number of anilines is 1. The summed E-state index contributed by atoms with van der Waals surface area (Å²) < 4.78 is 27.0. The van der Waals surface area contributed by atoms with Gasteiger partial charge >= 0.3 is 0 Å². The molecule has 2 aromatic heterocycles. The number of hydrogen-bond acceptors (Lipinski definition) is 10. The van der Waals surface area contributed by atoms with Gasteiger partial charge in [0.25, 0.3) is 0 Å². The van der Waals surface area contributed by atoms with E-state index in [1.165, 1.54) is 23.1 Å². The number of thioether (sulfide) groups is 1. The summed E-state index contributed by atoms with van der Waals surface area (Å²) in [5.41, 5.74) is 7.60. The van der Waals surface area contributed by atoms with E-state index >= 15 is 0 Å². The van der Waals surface area contributed by atoms with Crippen molar-refractivity contribution in [2.75, 3.05) is 19.5 Å². The van der Waals surface area contributed by atoms with E-state index in [9.17, 15) is 0 Å². The Bertz CT molecular complexity index is 1410. The van der Waals surface area contributed by atoms with E-state index in [0.29, 0.717) is 33.2 Å². The molecule has 0 radical (unpaired) electrons. The second-order valence-electron chi connectivity index (χ2n) is 8.76. The van der Waals surface area contributed by atoms with Crippen LogP contribution in [0, 0.1) is 0 Å². The van der Waals surface area contributed by atoms with Crippen molar-refractivity contribution in [3.8, 4) is 11.4 Å². The number of aromatic nitrogens is 4. The minimum absolute atomic E-state index is 0.333. The van der Waals surface area contributed by atoms with Crippen molar-refractivity contribution in [3.05, 3.63) is 75.7 Å². The highest BCUT2D eigenvalue weighted by atomic mass is 35.5. The van der Waals surface area contributed by atoms with Crippen molar-refractivity contribution in [2.45, 2.75) is 41.0 Å². The molecule has 9 nitrogen and oxygen atoms in total. The van der Waals surface area contributed by atoms with Crippen LogP contribution in [0.25, 0.3) is 11.4 Å². The number of benzene rings is 2. The number of thiazole rings is 1. The predicted molar refractivity (Wildman–Crippen MR) is 146 cm³/mol. The van der Waals surface area contributed by atoms with Gasteiger partial charge in [-0.05, 0) is 18.2 Å². The number of rotatable bonds is 6. The molecule has 2 saturated heterocycles. The van der Waals surface area contributed by atoms with Crippen molar-refractivity contribution < 1.29 is 18.9 Å². The number of fused-ring (bicyclic) bond motifs is 1. The maximum Gasteiger partial charge on any atom is 0.184 e. The average Bonchev–Trinajstić information content (AvgIpc) is 3.59. The zero-order valence-electron chi connectivity index (χ0n) is 20.0. The second kappa shape index (κ2) is 11.1. The van der Waals surface area contributed by atoms with Crippen molar-refractivity contribution in [1.29, 1.82) is 0 Å². The Balaban J connectivity index is 1.35. The van der Waals surface area contributed by atoms with Gasteiger partial charge in [0.2, 0.25) is 0 Å². The molecule has 38 heavy (non-hydrogen) atoms. The third-order valence-corrected chi connectivity index (χ3v) is 8.95. The molecule has 198 valence electrons. The van der Waals surface area contributed by atoms with E-state index in [0.717, 1.165) is 10.5 Å². The molecule has 4 aromatic rings. The lowest BCUT2D eigenvalue weighted by molar-refractivity contribution is -0.308. The molecule has 0 spiro atoms. The second-order valence-corrected chi connectivity index (χ2v) is 11.6. The highest BCUT2D eigenvalue weighted by Gasteiger charge is 2.52. The molecule has 6 unspecified atom stereocenters. The molecular weight excluding hydrogens is 569 g/mol. The smallest absolute Gasteiger partial charge is 0.184 e. The fraction of sp³-hybridized carbons (Fsp3) is 0.320. The van der Waals surface area contributed by atoms with Crippen LogP contribution in [-0.4, -0.2) is 57.4 Å². The van der Waals surface area contributed by atoms with Gasteiger partial charge in [0.1, 0.15) is 41.2 Å². The Hall–Kier alpha value is -2.22. The van der Waals surface area contributed by atoms with Crippen molar-refractivity contribution >= 4 is 51.4 Å². The quantitative estimate of drug-likeness (QED) is 0.312. The largest absolute Gasteiger partial charge is 0.375 e. The minimum Gasteiger partial charge on any atom is -0.375 e. The van der Waals surface area contributed by atoms with E-state index in [2.05, 4.69) is 15.3 Å². The summed E-state index contributed by atoms with van der Waals surface area (Å²) >= 11 is 15.2. The molecule has 0 amide bonds. The van der Waals surface area contributed by atoms with Gasteiger partial charge in [-0.15, -0.1) is 16.4 Å². The molecule has 13 heteroatoms. The first-order chi connectivity index (χ1) is 18.5. The van der Waals surface area contributed by atoms with Crippen LogP contribution in [0.3, 0.4) is 0 Å². The van der Waals surface area contributed by atoms with Crippen LogP contribution in [0.15, 0.2) is 65.0 Å². The normalized spacial score (nSPS) is 27.2. The van der Waals surface area contributed by atoms with Crippen LogP contribution < -0.4 is 5.73 Å². The molecule has 2 fully saturated rings. The molecular formula is C25H23Cl2N5O4S2. The van der Waals surface area contributed by atoms with Crippen LogP contribution in [0.1, 0.15) is 17.9 Å². The Morgan fingerprint density at radius 1 is 1.11 bits per heavy atom. The Labute approximate surface area is 237 Å². The summed E-state index contributed by atoms with van der Waals surface area (Å²) in [7, 11) is 1.65. The molecule has 2 aliphatic heterocycles. The summed E-state index contributed by atoms with van der Waals surface area (Å²) in [5, 5.41) is 12.1. The summed E-state index contributed by atoms with van der Waals surface area (Å²) in [4.78, 5) is 5.23. The van der Waals surface area contributed by atoms with E-state index in [1.54, 1.807) is 17.9 Å². The van der Waals surface area contributed by atoms with Crippen LogP contribution in [0.2, 0.25) is 10.0 Å². The lowest BCUT2D eigenvalue weighted by Gasteiger charge is -2.48. The predicted octanol–water partition coefficient (Wildman–Crippen LogP) is 5.48. The third-order valence-electron chi connectivity index (χ3n) is 6.40. The first-order valence-electron chi connectivity index (χ1n) is 11.8. The summed E-state index contributed by atoms with van der Waals surface area (Å²) in [6, 6.07) is 14.9. The van der Waals surface area contributed by atoms with Crippen LogP contribution in [-0.2, 0) is 18.9 Å². The highest BCUT2D eigenvalue weighted by Crippen LogP contribution is 2.45. The lowest BCUT2D eigenvalue weighted by Crippen LogP contribution is -2.59. The Morgan fingerprint density at radius 3 is 2.68 bits per heavy atom. The van der Waals surface area contributed by atoms with E-state index in [1.807, 2.05) is 54.0 Å². The summed E-state index contributed by atoms with van der Waals surface area (Å²) in [6.45, 7) is 0.333. The standard InChI is InChI=1S/C25H23Cl2N5O4S2/c1-33-22-20(32-10-17(30-31-32)18-12-37-25(28)29-18)21-19(11-34-23(36-21)13-5-3-2-4-6-13)35-24(22)38-14-7-8-15(26)16(27)9-14/h2-10,12,19-24H,11H2,1H3,(H2,28,29). The van der Waals surface area contributed by atoms with Gasteiger partial charge < -0.3 is 24.7 Å². The molecule has 2 aromatic carbocycles. The van der Waals surface area contributed by atoms with Gasteiger partial charge in [-0.2, -0.15) is 0 Å². The monoisotopic (exact) mass is 591 g/mol. The van der Waals surface area contributed by atoms with Crippen molar-refractivity contribution in [3.63, 3.8) is 0 Å². The average molecular weight is 593 g/mol. The first-order valence-corrected chi connectivity index (χ1v) is 14.3. The third kappa shape index (κ3) is 5.17. The Morgan fingerprint density at radius 2 is 1.95 bits per heavy atom. The van der Waals surface area contributed by atoms with Gasteiger partial charge in [0.05, 0.1) is 22.8 Å². The number of nitrogens with two attached hydrogens (primary N) is 1. The number of halogens is 2. The van der Waals surface area contributed by atoms with Crippen LogP contribution in [0.5, 0.6) is 0 Å². The van der Waals surface area contributed by atoms with E-state index in [-0.39, 0.29) is 12.1 Å². The van der Waals surface area contributed by atoms with Gasteiger partial charge in [-0.1, -0.05) is 70.5 Å². The van der Waals surface area contributed by atoms with E-state index < -0.39 is 23.9 Å². The van der Waals surface area contributed by atoms with Crippen LogP contribution in [0.4, 0.5) is 5.13 Å². The number of methoxy groups -OCH3 is 1. The molecule has 4 heterocycles. The molecule has 2 aliphatic rings. The number of ether oxygens (including phenoxy) is 4. The highest BCUT2D eigenvalue weighted by molar-refractivity contribution is 7.99.